The Morgan fingerprint density at radius 3 is 2.54 bits per heavy atom. The van der Waals surface area contributed by atoms with E-state index in [4.69, 9.17) is 9.15 Å². The third-order valence-electron chi connectivity index (χ3n) is 4.08. The second-order valence-corrected chi connectivity index (χ2v) is 6.08. The normalized spacial score (nSPS) is 10.5. The molecule has 5 nitrogen and oxygen atoms in total. The summed E-state index contributed by atoms with van der Waals surface area (Å²) in [6.45, 7) is 3.92. The average molecular weight is 350 g/mol. The molecule has 0 atom stereocenters. The number of nitrogens with zero attached hydrogens (tertiary/aromatic N) is 1. The van der Waals surface area contributed by atoms with E-state index in [1.807, 2.05) is 56.3 Å². The molecular formula is C21H22N2O3. The third kappa shape index (κ3) is 4.72. The Kier molecular flexibility index (Phi) is 5.69. The maximum atomic E-state index is 12.0. The van der Waals surface area contributed by atoms with E-state index in [-0.39, 0.29) is 19.1 Å². The van der Waals surface area contributed by atoms with Crippen LogP contribution >= 0.6 is 0 Å². The van der Waals surface area contributed by atoms with E-state index in [0.29, 0.717) is 11.6 Å². The van der Waals surface area contributed by atoms with Crippen LogP contribution in [0.25, 0.3) is 0 Å². The molecule has 26 heavy (non-hydrogen) atoms. The lowest BCUT2D eigenvalue weighted by atomic mass is 10.0. The molecule has 1 N–H and O–H groups in total. The largest absolute Gasteiger partial charge is 0.483 e. The van der Waals surface area contributed by atoms with E-state index < -0.39 is 0 Å². The fourth-order valence-electron chi connectivity index (χ4n) is 2.59. The molecule has 5 heteroatoms. The van der Waals surface area contributed by atoms with Gasteiger partial charge >= 0.3 is 0 Å². The second kappa shape index (κ2) is 8.34. The highest BCUT2D eigenvalue weighted by atomic mass is 16.5. The van der Waals surface area contributed by atoms with Gasteiger partial charge in [-0.25, -0.2) is 4.98 Å². The van der Waals surface area contributed by atoms with Crippen LogP contribution < -0.4 is 10.1 Å². The first-order valence-electron chi connectivity index (χ1n) is 8.56. The van der Waals surface area contributed by atoms with Crippen molar-refractivity contribution < 1.29 is 13.9 Å². The fraction of sp³-hybridized carbons (Fsp3) is 0.238. The lowest BCUT2D eigenvalue weighted by Gasteiger charge is -2.11. The summed E-state index contributed by atoms with van der Waals surface area (Å²) in [6, 6.07) is 17.9. The predicted octanol–water partition coefficient (Wildman–Crippen LogP) is 3.58. The molecule has 0 saturated carbocycles. The van der Waals surface area contributed by atoms with Gasteiger partial charge in [0.15, 0.2) is 6.61 Å². The van der Waals surface area contributed by atoms with Crippen LogP contribution in [0.2, 0.25) is 0 Å². The maximum absolute atomic E-state index is 12.0. The van der Waals surface area contributed by atoms with Gasteiger partial charge in [0, 0.05) is 6.42 Å². The first kappa shape index (κ1) is 17.7. The monoisotopic (exact) mass is 350 g/mol. The standard InChI is InChI=1S/C21H22N2O3/c1-15-16(2)26-21(23-15)13-22-20(24)14-25-19-11-7-6-10-18(19)12-17-8-4-3-5-9-17/h3-11H,12-14H2,1-2H3,(H,22,24). The highest BCUT2D eigenvalue weighted by Crippen LogP contribution is 2.21. The number of carbonyl (C=O) groups is 1. The minimum Gasteiger partial charge on any atom is -0.483 e. The number of para-hydroxylation sites is 1. The Bertz CT molecular complexity index is 852. The molecule has 0 spiro atoms. The molecule has 3 aromatic rings. The Hall–Kier alpha value is -3.08. The van der Waals surface area contributed by atoms with Crippen LogP contribution in [0, 0.1) is 13.8 Å². The molecule has 0 saturated heterocycles. The molecule has 2 aromatic carbocycles. The number of carbonyl (C=O) groups excluding carboxylic acids is 1. The van der Waals surface area contributed by atoms with Crippen molar-refractivity contribution in [1.29, 1.82) is 0 Å². The van der Waals surface area contributed by atoms with Gasteiger partial charge in [-0.3, -0.25) is 4.79 Å². The summed E-state index contributed by atoms with van der Waals surface area (Å²) >= 11 is 0. The molecule has 0 fully saturated rings. The summed E-state index contributed by atoms with van der Waals surface area (Å²) in [4.78, 5) is 16.3. The Morgan fingerprint density at radius 2 is 1.81 bits per heavy atom. The van der Waals surface area contributed by atoms with E-state index >= 15 is 0 Å². The van der Waals surface area contributed by atoms with Gasteiger partial charge in [0.25, 0.3) is 5.91 Å². The van der Waals surface area contributed by atoms with Gasteiger partial charge in [0.1, 0.15) is 11.5 Å². The average Bonchev–Trinajstić information content (AvgIpc) is 2.98. The number of hydrogen-bond donors (Lipinski definition) is 1. The molecule has 1 aromatic heterocycles. The summed E-state index contributed by atoms with van der Waals surface area (Å²) in [5.74, 6) is 1.76. The molecule has 0 aliphatic rings. The molecule has 1 heterocycles. The van der Waals surface area contributed by atoms with Crippen LogP contribution in [-0.2, 0) is 17.8 Å². The smallest absolute Gasteiger partial charge is 0.258 e. The van der Waals surface area contributed by atoms with Crippen molar-refractivity contribution in [2.24, 2.45) is 0 Å². The summed E-state index contributed by atoms with van der Waals surface area (Å²) in [7, 11) is 0. The van der Waals surface area contributed by atoms with Gasteiger partial charge in [-0.05, 0) is 31.0 Å². The van der Waals surface area contributed by atoms with Crippen molar-refractivity contribution in [3.63, 3.8) is 0 Å². The molecule has 0 unspecified atom stereocenters. The number of oxazole rings is 1. The quantitative estimate of drug-likeness (QED) is 0.707. The first-order valence-corrected chi connectivity index (χ1v) is 8.56. The summed E-state index contributed by atoms with van der Waals surface area (Å²) < 4.78 is 11.2. The zero-order chi connectivity index (χ0) is 18.4. The number of ether oxygens (including phenoxy) is 1. The van der Waals surface area contributed by atoms with E-state index in [0.717, 1.165) is 23.4 Å². The highest BCUT2D eigenvalue weighted by molar-refractivity contribution is 5.77. The molecule has 3 rings (SSSR count). The van der Waals surface area contributed by atoms with Crippen LogP contribution in [-0.4, -0.2) is 17.5 Å². The van der Waals surface area contributed by atoms with Crippen LogP contribution in [0.3, 0.4) is 0 Å². The summed E-state index contributed by atoms with van der Waals surface area (Å²) in [5, 5.41) is 2.76. The van der Waals surface area contributed by atoms with E-state index in [2.05, 4.69) is 22.4 Å². The molecule has 0 bridgehead atoms. The van der Waals surface area contributed by atoms with Gasteiger partial charge in [0.05, 0.1) is 12.2 Å². The van der Waals surface area contributed by atoms with E-state index in [1.165, 1.54) is 5.56 Å². The van der Waals surface area contributed by atoms with Gasteiger partial charge < -0.3 is 14.5 Å². The molecule has 1 amide bonds. The fourth-order valence-corrected chi connectivity index (χ4v) is 2.59. The summed E-state index contributed by atoms with van der Waals surface area (Å²) in [5.41, 5.74) is 3.08. The van der Waals surface area contributed by atoms with Crippen LogP contribution in [0.5, 0.6) is 5.75 Å². The van der Waals surface area contributed by atoms with Crippen molar-refractivity contribution >= 4 is 5.91 Å². The predicted molar refractivity (Wildman–Crippen MR) is 99.0 cm³/mol. The molecule has 0 aliphatic carbocycles. The van der Waals surface area contributed by atoms with Crippen molar-refractivity contribution in [3.05, 3.63) is 83.1 Å². The second-order valence-electron chi connectivity index (χ2n) is 6.08. The van der Waals surface area contributed by atoms with Crippen molar-refractivity contribution in [3.8, 4) is 5.75 Å². The number of rotatable bonds is 7. The minimum atomic E-state index is -0.215. The third-order valence-corrected chi connectivity index (χ3v) is 4.08. The lowest BCUT2D eigenvalue weighted by molar-refractivity contribution is -0.123. The number of aromatic nitrogens is 1. The SMILES string of the molecule is Cc1nc(CNC(=O)COc2ccccc2Cc2ccccc2)oc1C. The van der Waals surface area contributed by atoms with E-state index in [9.17, 15) is 4.79 Å². The molecule has 134 valence electrons. The van der Waals surface area contributed by atoms with Gasteiger partial charge in [-0.2, -0.15) is 0 Å². The minimum absolute atomic E-state index is 0.0511. The van der Waals surface area contributed by atoms with Crippen molar-refractivity contribution in [2.75, 3.05) is 6.61 Å². The molecular weight excluding hydrogens is 328 g/mol. The number of aryl methyl sites for hydroxylation is 2. The van der Waals surface area contributed by atoms with Gasteiger partial charge in [-0.1, -0.05) is 48.5 Å². The van der Waals surface area contributed by atoms with Crippen LogP contribution in [0.15, 0.2) is 59.0 Å². The van der Waals surface area contributed by atoms with Gasteiger partial charge in [0.2, 0.25) is 5.89 Å². The molecule has 0 radical (unpaired) electrons. The zero-order valence-electron chi connectivity index (χ0n) is 15.0. The molecule has 0 aliphatic heterocycles. The lowest BCUT2D eigenvalue weighted by Crippen LogP contribution is -2.28. The first-order chi connectivity index (χ1) is 12.6. The Labute approximate surface area is 153 Å². The van der Waals surface area contributed by atoms with Crippen molar-refractivity contribution in [2.45, 2.75) is 26.8 Å². The Balaban J connectivity index is 1.55. The number of amides is 1. The van der Waals surface area contributed by atoms with Crippen molar-refractivity contribution in [1.82, 2.24) is 10.3 Å². The highest BCUT2D eigenvalue weighted by Gasteiger charge is 2.10. The Morgan fingerprint density at radius 1 is 1.08 bits per heavy atom. The van der Waals surface area contributed by atoms with Gasteiger partial charge in [-0.15, -0.1) is 0 Å². The number of nitrogens with one attached hydrogen (secondary N) is 1. The van der Waals surface area contributed by atoms with Crippen LogP contribution in [0.1, 0.15) is 28.5 Å². The van der Waals surface area contributed by atoms with Crippen LogP contribution in [0.4, 0.5) is 0 Å². The topological polar surface area (TPSA) is 64.4 Å². The van der Waals surface area contributed by atoms with E-state index in [1.54, 1.807) is 0 Å². The maximum Gasteiger partial charge on any atom is 0.258 e. The number of benzene rings is 2. The summed E-state index contributed by atoms with van der Waals surface area (Å²) in [6.07, 6.45) is 0.757. The number of hydrogen-bond acceptors (Lipinski definition) is 4. The zero-order valence-corrected chi connectivity index (χ0v) is 15.0.